The molecule has 1 N–H and O–H groups in total. The van der Waals surface area contributed by atoms with Crippen molar-refractivity contribution < 1.29 is 0 Å². The molecule has 1 aliphatic rings. The minimum atomic E-state index is 0.192. The number of anilines is 1. The summed E-state index contributed by atoms with van der Waals surface area (Å²) in [5.41, 5.74) is 1.05. The molecular weight excluding hydrogens is 299 g/mol. The molecule has 0 saturated heterocycles. The molecule has 0 aliphatic carbocycles. The molecule has 0 spiro atoms. The topological polar surface area (TPSA) is 24.4 Å². The van der Waals surface area contributed by atoms with Crippen LogP contribution in [0.3, 0.4) is 0 Å². The number of benzene rings is 1. The molecule has 19 heavy (non-hydrogen) atoms. The highest BCUT2D eigenvalue weighted by molar-refractivity contribution is 8.14. The molecule has 0 aromatic heterocycles. The number of hydrogen-bond acceptors (Lipinski definition) is 3. The maximum absolute atomic E-state index is 6.16. The van der Waals surface area contributed by atoms with Gasteiger partial charge in [0.1, 0.15) is 0 Å². The molecule has 2 rings (SSSR count). The smallest absolute Gasteiger partial charge is 0.161 e. The van der Waals surface area contributed by atoms with Crippen LogP contribution in [0.1, 0.15) is 27.2 Å². The van der Waals surface area contributed by atoms with Gasteiger partial charge in [0.05, 0.1) is 16.8 Å². The van der Waals surface area contributed by atoms with Gasteiger partial charge in [0, 0.05) is 10.8 Å². The van der Waals surface area contributed by atoms with Gasteiger partial charge in [0.25, 0.3) is 0 Å². The first-order chi connectivity index (χ1) is 8.86. The average molecular weight is 317 g/mol. The van der Waals surface area contributed by atoms with Gasteiger partial charge < -0.3 is 5.32 Å². The molecule has 1 atom stereocenters. The van der Waals surface area contributed by atoms with Crippen molar-refractivity contribution in [3.05, 3.63) is 28.2 Å². The number of aliphatic imine (C=N–C) groups is 1. The number of nitrogens with zero attached hydrogens (tertiary/aromatic N) is 1. The zero-order valence-electron chi connectivity index (χ0n) is 11.3. The lowest BCUT2D eigenvalue weighted by atomic mass is 9.85. The highest BCUT2D eigenvalue weighted by atomic mass is 35.5. The van der Waals surface area contributed by atoms with Crippen LogP contribution >= 0.6 is 35.0 Å². The van der Waals surface area contributed by atoms with Crippen molar-refractivity contribution in [2.75, 3.05) is 11.1 Å². The van der Waals surface area contributed by atoms with Gasteiger partial charge >= 0.3 is 0 Å². The molecule has 104 valence electrons. The maximum atomic E-state index is 6.16. The van der Waals surface area contributed by atoms with E-state index in [-0.39, 0.29) is 5.41 Å². The van der Waals surface area contributed by atoms with Crippen molar-refractivity contribution in [3.63, 3.8) is 0 Å². The number of amidine groups is 1. The number of rotatable bonds is 1. The lowest BCUT2D eigenvalue weighted by Gasteiger charge is -2.31. The lowest BCUT2D eigenvalue weighted by molar-refractivity contribution is 0.316. The van der Waals surface area contributed by atoms with Crippen molar-refractivity contribution >= 4 is 45.8 Å². The summed E-state index contributed by atoms with van der Waals surface area (Å²) in [5, 5.41) is 5.50. The van der Waals surface area contributed by atoms with E-state index in [4.69, 9.17) is 28.2 Å². The Bertz CT molecular complexity index is 495. The second-order valence-electron chi connectivity index (χ2n) is 5.70. The van der Waals surface area contributed by atoms with Crippen molar-refractivity contribution in [1.82, 2.24) is 0 Å². The van der Waals surface area contributed by atoms with E-state index in [1.807, 2.05) is 12.1 Å². The predicted molar refractivity (Wildman–Crippen MR) is 87.8 cm³/mol. The van der Waals surface area contributed by atoms with Crippen LogP contribution in [0.4, 0.5) is 5.69 Å². The summed E-state index contributed by atoms with van der Waals surface area (Å²) < 4.78 is 0. The van der Waals surface area contributed by atoms with Crippen LogP contribution in [-0.4, -0.2) is 17.0 Å². The Labute approximate surface area is 129 Å². The first-order valence-corrected chi connectivity index (χ1v) is 8.03. The summed E-state index contributed by atoms with van der Waals surface area (Å²) in [6.07, 6.45) is 1.12. The third-order valence-corrected chi connectivity index (χ3v) is 4.54. The van der Waals surface area contributed by atoms with E-state index >= 15 is 0 Å². The Morgan fingerprint density at radius 3 is 2.68 bits per heavy atom. The summed E-state index contributed by atoms with van der Waals surface area (Å²) in [5.74, 6) is 1.08. The molecule has 1 aromatic carbocycles. The molecule has 0 saturated carbocycles. The van der Waals surface area contributed by atoms with E-state index in [1.165, 1.54) is 0 Å². The number of thioether (sulfide) groups is 1. The van der Waals surface area contributed by atoms with E-state index in [1.54, 1.807) is 17.8 Å². The van der Waals surface area contributed by atoms with Crippen LogP contribution < -0.4 is 5.32 Å². The van der Waals surface area contributed by atoms with Crippen LogP contribution in [0, 0.1) is 5.41 Å². The van der Waals surface area contributed by atoms with Crippen molar-refractivity contribution in [2.24, 2.45) is 10.4 Å². The van der Waals surface area contributed by atoms with Crippen LogP contribution in [0.2, 0.25) is 10.0 Å². The molecule has 0 fully saturated rings. The van der Waals surface area contributed by atoms with Gasteiger partial charge in [-0.05, 0) is 30.0 Å². The third-order valence-electron chi connectivity index (χ3n) is 3.08. The van der Waals surface area contributed by atoms with Crippen LogP contribution in [0.25, 0.3) is 0 Å². The van der Waals surface area contributed by atoms with E-state index in [9.17, 15) is 0 Å². The molecule has 1 unspecified atom stereocenters. The molecule has 1 aliphatic heterocycles. The maximum Gasteiger partial charge on any atom is 0.161 e. The van der Waals surface area contributed by atoms with Crippen molar-refractivity contribution in [1.29, 1.82) is 0 Å². The van der Waals surface area contributed by atoms with Gasteiger partial charge in [-0.3, -0.25) is 4.99 Å². The zero-order chi connectivity index (χ0) is 14.0. The first-order valence-electron chi connectivity index (χ1n) is 6.29. The lowest BCUT2D eigenvalue weighted by Crippen LogP contribution is -2.30. The monoisotopic (exact) mass is 316 g/mol. The van der Waals surface area contributed by atoms with Gasteiger partial charge in [0.2, 0.25) is 0 Å². The van der Waals surface area contributed by atoms with Crippen LogP contribution in [-0.2, 0) is 0 Å². The first kappa shape index (κ1) is 15.0. The van der Waals surface area contributed by atoms with E-state index in [0.717, 1.165) is 23.0 Å². The van der Waals surface area contributed by atoms with Crippen LogP contribution in [0.5, 0.6) is 0 Å². The summed E-state index contributed by atoms with van der Waals surface area (Å²) in [6, 6.07) is 5.79. The van der Waals surface area contributed by atoms with E-state index < -0.39 is 0 Å². The molecule has 1 aromatic rings. The SMILES string of the molecule is CC(C)(C)C1CCSC(Nc2ccc(Cl)cc2Cl)=N1. The van der Waals surface area contributed by atoms with Gasteiger partial charge in [0.15, 0.2) is 5.17 Å². The molecule has 0 amide bonds. The molecule has 0 bridgehead atoms. The number of halogens is 2. The molecule has 1 heterocycles. The Balaban J connectivity index is 2.16. The predicted octanol–water partition coefficient (Wildman–Crippen LogP) is 5.31. The fourth-order valence-electron chi connectivity index (χ4n) is 1.91. The number of nitrogens with one attached hydrogen (secondary N) is 1. The molecule has 2 nitrogen and oxygen atoms in total. The van der Waals surface area contributed by atoms with E-state index in [2.05, 4.69) is 26.1 Å². The minimum Gasteiger partial charge on any atom is -0.334 e. The standard InChI is InChI=1S/C14H18Cl2N2S/c1-14(2,3)12-6-7-19-13(18-12)17-11-5-4-9(15)8-10(11)16/h4-5,8,12H,6-7H2,1-3H3,(H,17,18). The van der Waals surface area contributed by atoms with Gasteiger partial charge in [-0.1, -0.05) is 55.7 Å². The summed E-state index contributed by atoms with van der Waals surface area (Å²) >= 11 is 13.8. The largest absolute Gasteiger partial charge is 0.334 e. The Kier molecular flexibility index (Phi) is 4.70. The molecular formula is C14H18Cl2N2S. The van der Waals surface area contributed by atoms with Gasteiger partial charge in [-0.25, -0.2) is 0 Å². The highest BCUT2D eigenvalue weighted by Crippen LogP contribution is 2.32. The number of hydrogen-bond donors (Lipinski definition) is 1. The van der Waals surface area contributed by atoms with Crippen molar-refractivity contribution in [3.8, 4) is 0 Å². The summed E-state index contributed by atoms with van der Waals surface area (Å²) in [6.45, 7) is 6.68. The molecule has 0 radical (unpaired) electrons. The van der Waals surface area contributed by atoms with E-state index in [0.29, 0.717) is 16.1 Å². The average Bonchev–Trinajstić information content (AvgIpc) is 2.32. The second kappa shape index (κ2) is 5.94. The molecule has 5 heteroatoms. The quantitative estimate of drug-likeness (QED) is 0.759. The minimum absolute atomic E-state index is 0.192. The third kappa shape index (κ3) is 4.04. The normalized spacial score (nSPS) is 20.1. The Morgan fingerprint density at radius 2 is 2.05 bits per heavy atom. The van der Waals surface area contributed by atoms with Crippen LogP contribution in [0.15, 0.2) is 23.2 Å². The fraction of sp³-hybridized carbons (Fsp3) is 0.500. The Hall–Kier alpha value is -0.380. The zero-order valence-corrected chi connectivity index (χ0v) is 13.7. The second-order valence-corrected chi connectivity index (χ2v) is 7.63. The van der Waals surface area contributed by atoms with Gasteiger partial charge in [-0.15, -0.1) is 0 Å². The van der Waals surface area contributed by atoms with Gasteiger partial charge in [-0.2, -0.15) is 0 Å². The fourth-order valence-corrected chi connectivity index (χ4v) is 3.29. The highest BCUT2D eigenvalue weighted by Gasteiger charge is 2.27. The van der Waals surface area contributed by atoms with Crippen molar-refractivity contribution in [2.45, 2.75) is 33.2 Å². The summed E-state index contributed by atoms with van der Waals surface area (Å²) in [4.78, 5) is 4.79. The summed E-state index contributed by atoms with van der Waals surface area (Å²) in [7, 11) is 0. The Morgan fingerprint density at radius 1 is 1.32 bits per heavy atom.